The first-order valence-electron chi connectivity index (χ1n) is 6.35. The van der Waals surface area contributed by atoms with Crippen LogP contribution in [0.15, 0.2) is 48.5 Å². The van der Waals surface area contributed by atoms with Crippen LogP contribution < -0.4 is 4.74 Å². The summed E-state index contributed by atoms with van der Waals surface area (Å²) in [5, 5.41) is 0. The quantitative estimate of drug-likeness (QED) is 0.718. The van der Waals surface area contributed by atoms with E-state index in [1.54, 1.807) is 6.07 Å². The molecule has 0 aromatic heterocycles. The third kappa shape index (κ3) is 2.26. The Labute approximate surface area is 112 Å². The Morgan fingerprint density at radius 1 is 1.00 bits per heavy atom. The maximum Gasteiger partial charge on any atom is 0.143 e. The zero-order valence-corrected chi connectivity index (χ0v) is 11.0. The summed E-state index contributed by atoms with van der Waals surface area (Å²) in [4.78, 5) is 0. The zero-order chi connectivity index (χ0) is 13.4. The normalized spacial score (nSPS) is 17.4. The molecule has 0 N–H and O–H groups in total. The lowest BCUT2D eigenvalue weighted by atomic mass is 9.98. The fraction of sp³-hybridized carbons (Fsp3) is 0.176. The highest BCUT2D eigenvalue weighted by atomic mass is 19.1. The number of ether oxygens (including phenoxy) is 1. The summed E-state index contributed by atoms with van der Waals surface area (Å²) in [5.41, 5.74) is 4.38. The predicted octanol–water partition coefficient (Wildman–Crippen LogP) is 4.67. The van der Waals surface area contributed by atoms with Crippen LogP contribution in [0.1, 0.15) is 29.7 Å². The van der Waals surface area contributed by atoms with Crippen molar-refractivity contribution >= 4 is 5.57 Å². The number of benzene rings is 2. The van der Waals surface area contributed by atoms with Gasteiger partial charge in [0.15, 0.2) is 0 Å². The van der Waals surface area contributed by atoms with E-state index in [0.717, 1.165) is 16.7 Å². The van der Waals surface area contributed by atoms with Crippen molar-refractivity contribution in [2.45, 2.75) is 20.0 Å². The Hall–Kier alpha value is -2.09. The molecule has 1 aliphatic heterocycles. The van der Waals surface area contributed by atoms with Gasteiger partial charge in [-0.05, 0) is 43.2 Å². The molecule has 1 aliphatic rings. The van der Waals surface area contributed by atoms with Crippen molar-refractivity contribution in [1.82, 2.24) is 0 Å². The lowest BCUT2D eigenvalue weighted by Gasteiger charge is -2.24. The van der Waals surface area contributed by atoms with Crippen molar-refractivity contribution in [3.8, 4) is 5.75 Å². The van der Waals surface area contributed by atoms with Crippen LogP contribution in [0, 0.1) is 12.7 Å². The van der Waals surface area contributed by atoms with Crippen LogP contribution in [-0.2, 0) is 0 Å². The first kappa shape index (κ1) is 12.0. The van der Waals surface area contributed by atoms with E-state index in [1.165, 1.54) is 17.7 Å². The van der Waals surface area contributed by atoms with Crippen molar-refractivity contribution in [1.29, 1.82) is 0 Å². The summed E-state index contributed by atoms with van der Waals surface area (Å²) >= 11 is 0. The number of hydrogen-bond donors (Lipinski definition) is 0. The van der Waals surface area contributed by atoms with Crippen LogP contribution in [-0.4, -0.2) is 0 Å². The molecule has 0 amide bonds. The van der Waals surface area contributed by atoms with Gasteiger partial charge in [0.1, 0.15) is 17.7 Å². The number of aryl methyl sites for hydroxylation is 1. The third-order valence-electron chi connectivity index (χ3n) is 3.43. The monoisotopic (exact) mass is 254 g/mol. The van der Waals surface area contributed by atoms with Gasteiger partial charge in [0.2, 0.25) is 0 Å². The fourth-order valence-electron chi connectivity index (χ4n) is 2.33. The summed E-state index contributed by atoms with van der Waals surface area (Å²) in [7, 11) is 0. The van der Waals surface area contributed by atoms with E-state index in [2.05, 4.69) is 25.1 Å². The second-order valence-corrected chi connectivity index (χ2v) is 4.94. The molecule has 3 rings (SSSR count). The van der Waals surface area contributed by atoms with Gasteiger partial charge >= 0.3 is 0 Å². The van der Waals surface area contributed by atoms with E-state index in [0.29, 0.717) is 5.75 Å². The average Bonchev–Trinajstić information content (AvgIpc) is 2.38. The fourth-order valence-corrected chi connectivity index (χ4v) is 2.33. The first-order valence-corrected chi connectivity index (χ1v) is 6.35. The number of hydrogen-bond acceptors (Lipinski definition) is 1. The van der Waals surface area contributed by atoms with Crippen molar-refractivity contribution in [3.63, 3.8) is 0 Å². The summed E-state index contributed by atoms with van der Waals surface area (Å²) < 4.78 is 19.2. The number of fused-ring (bicyclic) bond motifs is 1. The Balaban J connectivity index is 2.00. The van der Waals surface area contributed by atoms with Crippen LogP contribution in [0.5, 0.6) is 5.75 Å². The van der Waals surface area contributed by atoms with E-state index in [-0.39, 0.29) is 11.9 Å². The molecular formula is C17H15FO. The summed E-state index contributed by atoms with van der Waals surface area (Å²) in [6, 6.07) is 12.9. The molecule has 0 spiro atoms. The minimum atomic E-state index is -0.267. The van der Waals surface area contributed by atoms with E-state index in [9.17, 15) is 4.39 Å². The van der Waals surface area contributed by atoms with Gasteiger partial charge in [0.25, 0.3) is 0 Å². The maximum absolute atomic E-state index is 13.3. The molecule has 0 fully saturated rings. The molecule has 0 unspecified atom stereocenters. The summed E-state index contributed by atoms with van der Waals surface area (Å²) in [6.45, 7) is 4.08. The Bertz CT molecular complexity index is 641. The van der Waals surface area contributed by atoms with Crippen molar-refractivity contribution in [2.75, 3.05) is 0 Å². The van der Waals surface area contributed by atoms with Crippen LogP contribution in [0.2, 0.25) is 0 Å². The molecule has 2 aromatic carbocycles. The van der Waals surface area contributed by atoms with Crippen LogP contribution in [0.3, 0.4) is 0 Å². The standard InChI is InChI=1S/C17H15FO/c1-11-3-5-13(6-4-11)16-9-12(2)15-8-7-14(18)10-17(15)19-16/h3-10,16H,1-2H3/t16-/m1/s1. The molecule has 19 heavy (non-hydrogen) atoms. The molecule has 1 heterocycles. The van der Waals surface area contributed by atoms with Crippen molar-refractivity contribution in [2.24, 2.45) is 0 Å². The highest BCUT2D eigenvalue weighted by Gasteiger charge is 2.20. The van der Waals surface area contributed by atoms with Gasteiger partial charge < -0.3 is 4.74 Å². The highest BCUT2D eigenvalue weighted by Crippen LogP contribution is 2.37. The van der Waals surface area contributed by atoms with E-state index in [4.69, 9.17) is 4.74 Å². The van der Waals surface area contributed by atoms with Crippen molar-refractivity contribution in [3.05, 3.63) is 71.0 Å². The first-order chi connectivity index (χ1) is 9.13. The lowest BCUT2D eigenvalue weighted by Crippen LogP contribution is -2.11. The average molecular weight is 254 g/mol. The smallest absolute Gasteiger partial charge is 0.143 e. The minimum Gasteiger partial charge on any atom is -0.481 e. The lowest BCUT2D eigenvalue weighted by molar-refractivity contribution is 0.249. The topological polar surface area (TPSA) is 9.23 Å². The van der Waals surface area contributed by atoms with Gasteiger partial charge in [-0.25, -0.2) is 4.39 Å². The molecule has 0 aliphatic carbocycles. The van der Waals surface area contributed by atoms with Gasteiger partial charge in [0.05, 0.1) is 0 Å². The number of halogens is 1. The molecule has 0 saturated heterocycles. The molecule has 0 saturated carbocycles. The molecule has 0 radical (unpaired) electrons. The molecule has 2 heteroatoms. The Kier molecular flexibility index (Phi) is 2.86. The molecular weight excluding hydrogens is 239 g/mol. The molecule has 96 valence electrons. The summed E-state index contributed by atoms with van der Waals surface area (Å²) in [6.07, 6.45) is 1.93. The molecule has 2 aromatic rings. The predicted molar refractivity (Wildman–Crippen MR) is 74.6 cm³/mol. The van der Waals surface area contributed by atoms with Gasteiger partial charge in [-0.1, -0.05) is 29.8 Å². The van der Waals surface area contributed by atoms with Crippen molar-refractivity contribution < 1.29 is 9.13 Å². The maximum atomic E-state index is 13.3. The van der Waals surface area contributed by atoms with Gasteiger partial charge in [-0.2, -0.15) is 0 Å². The Morgan fingerprint density at radius 2 is 1.74 bits per heavy atom. The second-order valence-electron chi connectivity index (χ2n) is 4.94. The van der Waals surface area contributed by atoms with Crippen LogP contribution in [0.25, 0.3) is 5.57 Å². The van der Waals surface area contributed by atoms with E-state index in [1.807, 2.05) is 19.1 Å². The van der Waals surface area contributed by atoms with Crippen LogP contribution in [0.4, 0.5) is 4.39 Å². The SMILES string of the molecule is CC1=C[C@H](c2ccc(C)cc2)Oc2cc(F)ccc21. The minimum absolute atomic E-state index is 0.144. The second kappa shape index (κ2) is 4.54. The largest absolute Gasteiger partial charge is 0.481 e. The van der Waals surface area contributed by atoms with Gasteiger partial charge in [-0.15, -0.1) is 0 Å². The number of rotatable bonds is 1. The zero-order valence-electron chi connectivity index (χ0n) is 11.0. The Morgan fingerprint density at radius 3 is 2.47 bits per heavy atom. The highest BCUT2D eigenvalue weighted by molar-refractivity contribution is 5.71. The van der Waals surface area contributed by atoms with Crippen LogP contribution >= 0.6 is 0 Å². The number of allylic oxidation sites excluding steroid dienone is 1. The third-order valence-corrected chi connectivity index (χ3v) is 3.43. The van der Waals surface area contributed by atoms with Gasteiger partial charge in [-0.3, -0.25) is 0 Å². The molecule has 0 bridgehead atoms. The van der Waals surface area contributed by atoms with E-state index >= 15 is 0 Å². The summed E-state index contributed by atoms with van der Waals surface area (Å²) in [5.74, 6) is 0.349. The molecule has 1 nitrogen and oxygen atoms in total. The van der Waals surface area contributed by atoms with Gasteiger partial charge in [0, 0.05) is 11.6 Å². The van der Waals surface area contributed by atoms with E-state index < -0.39 is 0 Å². The molecule has 1 atom stereocenters.